The van der Waals surface area contributed by atoms with Gasteiger partial charge < -0.3 is 9.84 Å². The first-order chi connectivity index (χ1) is 9.33. The van der Waals surface area contributed by atoms with Gasteiger partial charge in [-0.1, -0.05) is 12.1 Å². The summed E-state index contributed by atoms with van der Waals surface area (Å²) in [6, 6.07) is 7.15. The lowest BCUT2D eigenvalue weighted by atomic mass is 10.1. The molecule has 0 saturated heterocycles. The molecule has 1 aromatic carbocycles. The van der Waals surface area contributed by atoms with Crippen molar-refractivity contribution in [2.45, 2.75) is 32.9 Å². The van der Waals surface area contributed by atoms with E-state index >= 15 is 0 Å². The maximum atomic E-state index is 11.9. The summed E-state index contributed by atoms with van der Waals surface area (Å²) in [4.78, 5) is 11.9. The van der Waals surface area contributed by atoms with Crippen molar-refractivity contribution in [1.29, 1.82) is 0 Å². The molecule has 20 heavy (non-hydrogen) atoms. The summed E-state index contributed by atoms with van der Waals surface area (Å²) in [5, 5.41) is 13.2. The van der Waals surface area contributed by atoms with Crippen molar-refractivity contribution >= 4 is 5.97 Å². The highest BCUT2D eigenvalue weighted by Crippen LogP contribution is 2.14. The fourth-order valence-corrected chi connectivity index (χ4v) is 1.71. The van der Waals surface area contributed by atoms with Gasteiger partial charge in [0.05, 0.1) is 24.5 Å². The molecule has 0 amide bonds. The molecule has 0 radical (unpaired) electrons. The number of hydrogen-bond acceptors (Lipinski definition) is 4. The van der Waals surface area contributed by atoms with Crippen LogP contribution in [0.15, 0.2) is 36.7 Å². The Kier molecular flexibility index (Phi) is 3.79. The second kappa shape index (κ2) is 5.36. The van der Waals surface area contributed by atoms with Crippen molar-refractivity contribution in [2.24, 2.45) is 0 Å². The normalized spacial score (nSPS) is 11.3. The van der Waals surface area contributed by atoms with Crippen LogP contribution in [0.2, 0.25) is 0 Å². The quantitative estimate of drug-likeness (QED) is 0.874. The first-order valence-corrected chi connectivity index (χ1v) is 6.37. The van der Waals surface area contributed by atoms with Gasteiger partial charge in [-0.25, -0.2) is 4.79 Å². The number of esters is 1. The minimum absolute atomic E-state index is 0.135. The lowest BCUT2D eigenvalue weighted by molar-refractivity contribution is 0.00695. The molecule has 0 bridgehead atoms. The Morgan fingerprint density at radius 1 is 1.30 bits per heavy atom. The number of hydrogen-bond donors (Lipinski definition) is 1. The molecule has 0 aliphatic carbocycles. The molecular weight excluding hydrogens is 256 g/mol. The van der Waals surface area contributed by atoms with Crippen molar-refractivity contribution in [3.8, 4) is 5.75 Å². The summed E-state index contributed by atoms with van der Waals surface area (Å²) in [5.74, 6) is -0.198. The lowest BCUT2D eigenvalue weighted by Gasteiger charge is -2.19. The van der Waals surface area contributed by atoms with E-state index in [0.29, 0.717) is 12.1 Å². The van der Waals surface area contributed by atoms with E-state index in [1.54, 1.807) is 23.0 Å². The average Bonchev–Trinajstić information content (AvgIpc) is 2.73. The molecule has 2 aromatic rings. The smallest absolute Gasteiger partial charge is 0.338 e. The van der Waals surface area contributed by atoms with Crippen LogP contribution in [0, 0.1) is 0 Å². The van der Waals surface area contributed by atoms with Crippen molar-refractivity contribution < 1.29 is 14.6 Å². The Morgan fingerprint density at radius 3 is 2.45 bits per heavy atom. The number of carbonyl (C=O) groups excluding carboxylic acids is 1. The second-order valence-corrected chi connectivity index (χ2v) is 5.59. The predicted molar refractivity (Wildman–Crippen MR) is 74.6 cm³/mol. The molecule has 2 rings (SSSR count). The van der Waals surface area contributed by atoms with Crippen molar-refractivity contribution in [3.63, 3.8) is 0 Å². The molecule has 0 unspecified atom stereocenters. The third kappa shape index (κ3) is 3.85. The Balaban J connectivity index is 2.04. The summed E-state index contributed by atoms with van der Waals surface area (Å²) < 4.78 is 6.92. The van der Waals surface area contributed by atoms with E-state index in [0.717, 1.165) is 5.56 Å². The molecule has 0 fully saturated rings. The SMILES string of the molecule is CC(C)(C)OC(=O)c1ccc(Cn2cc(O)cn2)cc1. The molecule has 0 aliphatic heterocycles. The third-order valence-electron chi connectivity index (χ3n) is 2.55. The van der Waals surface area contributed by atoms with Gasteiger partial charge >= 0.3 is 5.97 Å². The summed E-state index contributed by atoms with van der Waals surface area (Å²) in [6.45, 7) is 6.05. The number of rotatable bonds is 3. The van der Waals surface area contributed by atoms with Crippen LogP contribution in [0.25, 0.3) is 0 Å². The second-order valence-electron chi connectivity index (χ2n) is 5.59. The van der Waals surface area contributed by atoms with Crippen LogP contribution < -0.4 is 0 Å². The molecule has 1 N–H and O–H groups in total. The summed E-state index contributed by atoms with van der Waals surface area (Å²) in [7, 11) is 0. The van der Waals surface area contributed by atoms with E-state index in [2.05, 4.69) is 5.10 Å². The Morgan fingerprint density at radius 2 is 1.95 bits per heavy atom. The fourth-order valence-electron chi connectivity index (χ4n) is 1.71. The lowest BCUT2D eigenvalue weighted by Crippen LogP contribution is -2.23. The van der Waals surface area contributed by atoms with Gasteiger partial charge in [0.2, 0.25) is 0 Å². The molecular formula is C15H18N2O3. The average molecular weight is 274 g/mol. The Labute approximate surface area is 117 Å². The molecule has 0 aliphatic rings. The predicted octanol–water partition coefficient (Wildman–Crippen LogP) is 2.59. The summed E-state index contributed by atoms with van der Waals surface area (Å²) in [6.07, 6.45) is 2.93. The van der Waals surface area contributed by atoms with Crippen molar-refractivity contribution in [3.05, 3.63) is 47.8 Å². The number of carbonyl (C=O) groups is 1. The summed E-state index contributed by atoms with van der Waals surface area (Å²) in [5.41, 5.74) is 1.01. The number of aromatic hydroxyl groups is 1. The first-order valence-electron chi connectivity index (χ1n) is 6.37. The molecule has 0 atom stereocenters. The molecule has 0 spiro atoms. The van der Waals surface area contributed by atoms with E-state index in [1.165, 1.54) is 6.20 Å². The molecule has 1 aromatic heterocycles. The highest BCUT2D eigenvalue weighted by atomic mass is 16.6. The maximum absolute atomic E-state index is 11.9. The number of benzene rings is 1. The van der Waals surface area contributed by atoms with Crippen LogP contribution in [0.3, 0.4) is 0 Å². The standard InChI is InChI=1S/C15H18N2O3/c1-15(2,3)20-14(19)12-6-4-11(5-7-12)9-17-10-13(18)8-16-17/h4-8,10,18H,9H2,1-3H3. The number of aromatic nitrogens is 2. The number of nitrogens with zero attached hydrogens (tertiary/aromatic N) is 2. The monoisotopic (exact) mass is 274 g/mol. The van der Waals surface area contributed by atoms with Gasteiger partial charge in [0.25, 0.3) is 0 Å². The van der Waals surface area contributed by atoms with Gasteiger partial charge in [-0.3, -0.25) is 4.68 Å². The first kappa shape index (κ1) is 14.1. The topological polar surface area (TPSA) is 64.3 Å². The highest BCUT2D eigenvalue weighted by molar-refractivity contribution is 5.89. The fraction of sp³-hybridized carbons (Fsp3) is 0.333. The highest BCUT2D eigenvalue weighted by Gasteiger charge is 2.17. The zero-order valence-electron chi connectivity index (χ0n) is 11.8. The molecule has 106 valence electrons. The molecule has 0 saturated carbocycles. The van der Waals surface area contributed by atoms with Gasteiger partial charge in [0.1, 0.15) is 5.60 Å². The van der Waals surface area contributed by atoms with Crippen LogP contribution in [0.1, 0.15) is 36.7 Å². The van der Waals surface area contributed by atoms with E-state index in [-0.39, 0.29) is 11.7 Å². The minimum Gasteiger partial charge on any atom is -0.505 e. The van der Waals surface area contributed by atoms with Crippen LogP contribution in [-0.4, -0.2) is 26.5 Å². The van der Waals surface area contributed by atoms with E-state index in [1.807, 2.05) is 32.9 Å². The van der Waals surface area contributed by atoms with Crippen LogP contribution >= 0.6 is 0 Å². The van der Waals surface area contributed by atoms with Gasteiger partial charge in [0, 0.05) is 0 Å². The van der Waals surface area contributed by atoms with E-state index in [4.69, 9.17) is 4.74 Å². The van der Waals surface area contributed by atoms with Crippen LogP contribution in [-0.2, 0) is 11.3 Å². The van der Waals surface area contributed by atoms with Gasteiger partial charge in [0.15, 0.2) is 5.75 Å². The Bertz CT molecular complexity index is 594. The van der Waals surface area contributed by atoms with Gasteiger partial charge in [-0.2, -0.15) is 5.10 Å². The zero-order chi connectivity index (χ0) is 14.8. The largest absolute Gasteiger partial charge is 0.505 e. The van der Waals surface area contributed by atoms with E-state index < -0.39 is 5.60 Å². The molecule has 5 heteroatoms. The van der Waals surface area contributed by atoms with Crippen LogP contribution in [0.5, 0.6) is 5.75 Å². The molecule has 1 heterocycles. The van der Waals surface area contributed by atoms with Gasteiger partial charge in [-0.15, -0.1) is 0 Å². The number of ether oxygens (including phenoxy) is 1. The summed E-state index contributed by atoms with van der Waals surface area (Å²) >= 11 is 0. The van der Waals surface area contributed by atoms with E-state index in [9.17, 15) is 9.90 Å². The minimum atomic E-state index is -0.498. The van der Waals surface area contributed by atoms with Crippen molar-refractivity contribution in [1.82, 2.24) is 9.78 Å². The zero-order valence-corrected chi connectivity index (χ0v) is 11.8. The van der Waals surface area contributed by atoms with Gasteiger partial charge in [-0.05, 0) is 38.5 Å². The van der Waals surface area contributed by atoms with Crippen LogP contribution in [0.4, 0.5) is 0 Å². The third-order valence-corrected chi connectivity index (χ3v) is 2.55. The van der Waals surface area contributed by atoms with Crippen molar-refractivity contribution in [2.75, 3.05) is 0 Å². The molecule has 5 nitrogen and oxygen atoms in total. The maximum Gasteiger partial charge on any atom is 0.338 e. The Hall–Kier alpha value is -2.30.